The molecule has 0 radical (unpaired) electrons. The number of alkyl halides is 3. The highest BCUT2D eigenvalue weighted by Gasteiger charge is 2.31. The third kappa shape index (κ3) is 4.19. The number of hydrogen-bond donors (Lipinski definition) is 1. The van der Waals surface area contributed by atoms with E-state index in [0.29, 0.717) is 12.1 Å². The molecule has 0 unspecified atom stereocenters. The fourth-order valence-corrected chi connectivity index (χ4v) is 2.73. The first-order valence-corrected chi connectivity index (χ1v) is 8.50. The lowest BCUT2D eigenvalue weighted by Crippen LogP contribution is -2.21. The highest BCUT2D eigenvalue weighted by Crippen LogP contribution is 2.34. The summed E-state index contributed by atoms with van der Waals surface area (Å²) in [5.74, 6) is -0.354. The number of hydrogen-bond acceptors (Lipinski definition) is 2. The summed E-state index contributed by atoms with van der Waals surface area (Å²) in [7, 11) is 0. The Kier molecular flexibility index (Phi) is 5.30. The molecule has 0 saturated carbocycles. The van der Waals surface area contributed by atoms with Gasteiger partial charge in [-0.25, -0.2) is 4.98 Å². The van der Waals surface area contributed by atoms with E-state index in [9.17, 15) is 18.0 Å². The Morgan fingerprint density at radius 3 is 2.63 bits per heavy atom. The van der Waals surface area contributed by atoms with E-state index < -0.39 is 11.7 Å². The standard InChI is InChI=1S/C20H18F3N3O/c1-2-10-24-18(27)9-8-14-11-15(20(21,22)23)12-17-19(14)26(13-25-17)16-6-4-3-5-7-16/h3-9,11-13H,2,10H2,1H3,(H,24,27). The van der Waals surface area contributed by atoms with Crippen molar-refractivity contribution in [2.24, 2.45) is 0 Å². The Hall–Kier alpha value is -3.09. The summed E-state index contributed by atoms with van der Waals surface area (Å²) in [5.41, 5.74) is 0.954. The number of aromatic nitrogens is 2. The van der Waals surface area contributed by atoms with Crippen LogP contribution in [0.3, 0.4) is 0 Å². The van der Waals surface area contributed by atoms with Crippen LogP contribution in [0.4, 0.5) is 13.2 Å². The van der Waals surface area contributed by atoms with Crippen LogP contribution in [-0.4, -0.2) is 22.0 Å². The number of rotatable bonds is 5. The lowest BCUT2D eigenvalue weighted by molar-refractivity contribution is -0.137. The average molecular weight is 373 g/mol. The van der Waals surface area contributed by atoms with E-state index in [1.165, 1.54) is 18.5 Å². The fourth-order valence-electron chi connectivity index (χ4n) is 2.73. The molecule has 0 aliphatic carbocycles. The maximum Gasteiger partial charge on any atom is 0.416 e. The first kappa shape index (κ1) is 18.7. The zero-order chi connectivity index (χ0) is 19.4. The minimum absolute atomic E-state index is 0.210. The van der Waals surface area contributed by atoms with Gasteiger partial charge in [0.2, 0.25) is 5.91 Å². The maximum atomic E-state index is 13.3. The van der Waals surface area contributed by atoms with E-state index in [4.69, 9.17) is 0 Å². The second-order valence-corrected chi connectivity index (χ2v) is 6.01. The number of nitrogens with zero attached hydrogens (tertiary/aromatic N) is 2. The quantitative estimate of drug-likeness (QED) is 0.665. The van der Waals surface area contributed by atoms with Crippen LogP contribution in [0.25, 0.3) is 22.8 Å². The predicted molar refractivity (Wildman–Crippen MR) is 98.4 cm³/mol. The van der Waals surface area contributed by atoms with Crippen molar-refractivity contribution in [3.8, 4) is 5.69 Å². The van der Waals surface area contributed by atoms with Crippen molar-refractivity contribution in [2.75, 3.05) is 6.54 Å². The molecule has 3 rings (SSSR count). The zero-order valence-electron chi connectivity index (χ0n) is 14.6. The van der Waals surface area contributed by atoms with Crippen molar-refractivity contribution in [3.05, 3.63) is 66.0 Å². The number of benzene rings is 2. The third-order valence-electron chi connectivity index (χ3n) is 4.00. The van der Waals surface area contributed by atoms with Gasteiger partial charge in [0.1, 0.15) is 6.33 Å². The molecule has 4 nitrogen and oxygen atoms in total. The van der Waals surface area contributed by atoms with Crippen LogP contribution in [0.15, 0.2) is 54.9 Å². The van der Waals surface area contributed by atoms with Crippen LogP contribution in [0.1, 0.15) is 24.5 Å². The van der Waals surface area contributed by atoms with E-state index >= 15 is 0 Å². The smallest absolute Gasteiger partial charge is 0.353 e. The third-order valence-corrected chi connectivity index (χ3v) is 4.00. The van der Waals surface area contributed by atoms with Gasteiger partial charge in [0.25, 0.3) is 0 Å². The maximum absolute atomic E-state index is 13.3. The molecule has 1 amide bonds. The number of imidazole rings is 1. The molecule has 27 heavy (non-hydrogen) atoms. The lowest BCUT2D eigenvalue weighted by Gasteiger charge is -2.11. The van der Waals surface area contributed by atoms with Crippen molar-refractivity contribution in [1.29, 1.82) is 0 Å². The average Bonchev–Trinajstić information content (AvgIpc) is 3.08. The molecular weight excluding hydrogens is 355 g/mol. The largest absolute Gasteiger partial charge is 0.416 e. The van der Waals surface area contributed by atoms with Crippen LogP contribution >= 0.6 is 0 Å². The molecule has 0 fully saturated rings. The minimum atomic E-state index is -4.50. The summed E-state index contributed by atoms with van der Waals surface area (Å²) in [4.78, 5) is 16.0. The Morgan fingerprint density at radius 2 is 1.96 bits per heavy atom. The first-order valence-electron chi connectivity index (χ1n) is 8.50. The number of amides is 1. The second kappa shape index (κ2) is 7.65. The Bertz CT molecular complexity index is 975. The van der Waals surface area contributed by atoms with Gasteiger partial charge in [-0.3, -0.25) is 9.36 Å². The van der Waals surface area contributed by atoms with Crippen molar-refractivity contribution in [3.63, 3.8) is 0 Å². The second-order valence-electron chi connectivity index (χ2n) is 6.01. The van der Waals surface area contributed by atoms with Crippen LogP contribution < -0.4 is 5.32 Å². The van der Waals surface area contributed by atoms with Gasteiger partial charge >= 0.3 is 6.18 Å². The van der Waals surface area contributed by atoms with Crippen LogP contribution in [0.2, 0.25) is 0 Å². The molecule has 1 aromatic heterocycles. The van der Waals surface area contributed by atoms with E-state index in [-0.39, 0.29) is 17.0 Å². The topological polar surface area (TPSA) is 46.9 Å². The first-order chi connectivity index (χ1) is 12.9. The van der Waals surface area contributed by atoms with Crippen molar-refractivity contribution < 1.29 is 18.0 Å². The number of para-hydroxylation sites is 1. The van der Waals surface area contributed by atoms with E-state index in [1.807, 2.05) is 37.3 Å². The summed E-state index contributed by atoms with van der Waals surface area (Å²) in [6.45, 7) is 2.42. The number of nitrogens with one attached hydrogen (secondary N) is 1. The Labute approximate surface area is 154 Å². The minimum Gasteiger partial charge on any atom is -0.353 e. The zero-order valence-corrected chi connectivity index (χ0v) is 14.6. The van der Waals surface area contributed by atoms with Gasteiger partial charge in [0.15, 0.2) is 0 Å². The van der Waals surface area contributed by atoms with E-state index in [1.54, 1.807) is 4.57 Å². The molecule has 3 aromatic rings. The Balaban J connectivity index is 2.13. The molecule has 140 valence electrons. The summed E-state index contributed by atoms with van der Waals surface area (Å²) in [6.07, 6.45) is 0.386. The van der Waals surface area contributed by atoms with Gasteiger partial charge < -0.3 is 5.32 Å². The molecule has 0 atom stereocenters. The van der Waals surface area contributed by atoms with Crippen LogP contribution in [0.5, 0.6) is 0 Å². The van der Waals surface area contributed by atoms with Crippen molar-refractivity contribution >= 4 is 23.0 Å². The van der Waals surface area contributed by atoms with E-state index in [0.717, 1.165) is 24.2 Å². The number of fused-ring (bicyclic) bond motifs is 1. The molecular formula is C20H18F3N3O. The molecule has 1 heterocycles. The predicted octanol–water partition coefficient (Wildman–Crippen LogP) is 4.58. The SMILES string of the molecule is CCCNC(=O)C=Cc1cc(C(F)(F)F)cc2ncn(-c3ccccc3)c12. The summed E-state index contributed by atoms with van der Waals surface area (Å²) < 4.78 is 41.5. The van der Waals surface area contributed by atoms with Gasteiger partial charge in [-0.05, 0) is 36.8 Å². The van der Waals surface area contributed by atoms with Crippen molar-refractivity contribution in [1.82, 2.24) is 14.9 Å². The summed E-state index contributed by atoms with van der Waals surface area (Å²) in [6, 6.07) is 11.2. The van der Waals surface area contributed by atoms with Gasteiger partial charge in [-0.15, -0.1) is 0 Å². The molecule has 1 N–H and O–H groups in total. The van der Waals surface area contributed by atoms with Crippen LogP contribution in [0, 0.1) is 0 Å². The summed E-state index contributed by atoms with van der Waals surface area (Å²) >= 11 is 0. The molecule has 0 aliphatic rings. The highest BCUT2D eigenvalue weighted by molar-refractivity contribution is 5.95. The number of carbonyl (C=O) groups is 1. The van der Waals surface area contributed by atoms with Crippen LogP contribution in [-0.2, 0) is 11.0 Å². The van der Waals surface area contributed by atoms with Gasteiger partial charge in [0, 0.05) is 23.9 Å². The van der Waals surface area contributed by atoms with Gasteiger partial charge in [-0.2, -0.15) is 13.2 Å². The monoisotopic (exact) mass is 373 g/mol. The molecule has 0 bridgehead atoms. The normalized spacial score (nSPS) is 12.0. The summed E-state index contributed by atoms with van der Waals surface area (Å²) in [5, 5.41) is 2.67. The lowest BCUT2D eigenvalue weighted by atomic mass is 10.1. The number of halogens is 3. The molecule has 0 aliphatic heterocycles. The number of carbonyl (C=O) groups excluding carboxylic acids is 1. The van der Waals surface area contributed by atoms with Gasteiger partial charge in [-0.1, -0.05) is 25.1 Å². The Morgan fingerprint density at radius 1 is 1.22 bits per heavy atom. The molecule has 0 spiro atoms. The molecule has 0 saturated heterocycles. The molecule has 2 aromatic carbocycles. The fraction of sp³-hybridized carbons (Fsp3) is 0.200. The van der Waals surface area contributed by atoms with Gasteiger partial charge in [0.05, 0.1) is 16.6 Å². The van der Waals surface area contributed by atoms with E-state index in [2.05, 4.69) is 10.3 Å². The molecule has 7 heteroatoms. The van der Waals surface area contributed by atoms with Crippen molar-refractivity contribution in [2.45, 2.75) is 19.5 Å². The highest BCUT2D eigenvalue weighted by atomic mass is 19.4.